The second-order valence-corrected chi connectivity index (χ2v) is 5.12. The van der Waals surface area contributed by atoms with Crippen molar-refractivity contribution >= 4 is 0 Å². The van der Waals surface area contributed by atoms with E-state index in [2.05, 4.69) is 9.47 Å². The lowest BCUT2D eigenvalue weighted by atomic mass is 9.72. The van der Waals surface area contributed by atoms with Crippen molar-refractivity contribution in [1.82, 2.24) is 0 Å². The highest BCUT2D eigenvalue weighted by atomic mass is 19.4. The van der Waals surface area contributed by atoms with Gasteiger partial charge in [0.25, 0.3) is 12.5 Å². The molecule has 0 N–H and O–H groups in total. The van der Waals surface area contributed by atoms with Crippen LogP contribution in [0.2, 0.25) is 0 Å². The molecule has 0 bridgehead atoms. The molecule has 10 heteroatoms. The Balaban J connectivity index is 3.05. The van der Waals surface area contributed by atoms with E-state index < -0.39 is 40.4 Å². The minimum atomic E-state index is -5.92. The molecule has 0 aromatic heterocycles. The van der Waals surface area contributed by atoms with Gasteiger partial charge in [0.15, 0.2) is 0 Å². The molecule has 140 valence electrons. The lowest BCUT2D eigenvalue weighted by Crippen LogP contribution is -2.55. The zero-order valence-electron chi connectivity index (χ0n) is 13.1. The molecule has 2 rings (SSSR count). The van der Waals surface area contributed by atoms with Crippen LogP contribution in [0, 0.1) is 23.0 Å². The molecular formula is C17H8F6N2O2. The number of nitriles is 2. The van der Waals surface area contributed by atoms with Crippen molar-refractivity contribution in [2.45, 2.75) is 17.8 Å². The number of ether oxygens (including phenoxy) is 2. The van der Waals surface area contributed by atoms with Gasteiger partial charge in [-0.1, -0.05) is 36.4 Å². The first-order valence-electron chi connectivity index (χ1n) is 7.05. The molecule has 0 saturated carbocycles. The van der Waals surface area contributed by atoms with E-state index in [4.69, 9.17) is 10.5 Å². The molecule has 0 atom stereocenters. The number of benzene rings is 2. The molecule has 2 aromatic carbocycles. The van der Waals surface area contributed by atoms with E-state index in [0.717, 1.165) is 48.9 Å². The first-order valence-corrected chi connectivity index (χ1v) is 7.05. The van der Waals surface area contributed by atoms with E-state index >= 15 is 0 Å². The molecule has 27 heavy (non-hydrogen) atoms. The summed E-state index contributed by atoms with van der Waals surface area (Å²) in [7, 11) is 0. The Morgan fingerprint density at radius 3 is 1.26 bits per heavy atom. The number of hydrogen-bond acceptors (Lipinski definition) is 4. The number of alkyl halides is 6. The quantitative estimate of drug-likeness (QED) is 0.558. The van der Waals surface area contributed by atoms with Crippen LogP contribution in [0.3, 0.4) is 0 Å². The molecule has 0 saturated heterocycles. The molecule has 0 aliphatic carbocycles. The van der Waals surface area contributed by atoms with Gasteiger partial charge in [0.2, 0.25) is 5.41 Å². The minimum Gasteiger partial charge on any atom is -0.388 e. The van der Waals surface area contributed by atoms with E-state index in [1.807, 2.05) is 0 Å². The van der Waals surface area contributed by atoms with E-state index in [1.54, 1.807) is 0 Å². The average molecular weight is 386 g/mol. The Kier molecular flexibility index (Phi) is 5.22. The number of hydrogen-bond donors (Lipinski definition) is 0. The zero-order valence-corrected chi connectivity index (χ0v) is 13.1. The third-order valence-corrected chi connectivity index (χ3v) is 3.74. The highest BCUT2D eigenvalue weighted by Gasteiger charge is 2.74. The number of nitrogens with zero attached hydrogens (tertiary/aromatic N) is 2. The fraction of sp³-hybridized carbons (Fsp3) is 0.176. The predicted molar refractivity (Wildman–Crippen MR) is 78.3 cm³/mol. The summed E-state index contributed by atoms with van der Waals surface area (Å²) in [6, 6.07) is 6.83. The standard InChI is InChI=1S/C17H8F6N2O2/c18-16(19,20)15(17(21,22)23,11-5-1-3-7-13(11)26-9-24)12-6-2-4-8-14(12)27-10-25/h1-8H. The van der Waals surface area contributed by atoms with E-state index in [-0.39, 0.29) is 0 Å². The molecule has 4 nitrogen and oxygen atoms in total. The highest BCUT2D eigenvalue weighted by molar-refractivity contribution is 5.55. The van der Waals surface area contributed by atoms with Crippen LogP contribution in [0.5, 0.6) is 11.5 Å². The van der Waals surface area contributed by atoms with Crippen LogP contribution in [0.1, 0.15) is 11.1 Å². The van der Waals surface area contributed by atoms with Crippen LogP contribution in [-0.4, -0.2) is 12.4 Å². The van der Waals surface area contributed by atoms with Crippen molar-refractivity contribution in [3.05, 3.63) is 59.7 Å². The van der Waals surface area contributed by atoms with E-state index in [1.165, 1.54) is 0 Å². The van der Waals surface area contributed by atoms with Crippen molar-refractivity contribution in [3.63, 3.8) is 0 Å². The minimum absolute atomic E-state index is 0.552. The lowest BCUT2D eigenvalue weighted by Gasteiger charge is -2.39. The Labute approximate surface area is 148 Å². The van der Waals surface area contributed by atoms with Gasteiger partial charge in [0.05, 0.1) is 0 Å². The van der Waals surface area contributed by atoms with Gasteiger partial charge >= 0.3 is 12.4 Å². The largest absolute Gasteiger partial charge is 0.411 e. The molecule has 0 amide bonds. The Hall–Kier alpha value is -3.40. The van der Waals surface area contributed by atoms with Gasteiger partial charge in [-0.25, -0.2) is 0 Å². The van der Waals surface area contributed by atoms with Gasteiger partial charge in [0.1, 0.15) is 11.5 Å². The van der Waals surface area contributed by atoms with Crippen LogP contribution in [0.25, 0.3) is 0 Å². The van der Waals surface area contributed by atoms with Crippen LogP contribution in [0.15, 0.2) is 48.5 Å². The third-order valence-electron chi connectivity index (χ3n) is 3.74. The Bertz CT molecular complexity index is 834. The van der Waals surface area contributed by atoms with Crippen molar-refractivity contribution in [2.75, 3.05) is 0 Å². The summed E-state index contributed by atoms with van der Waals surface area (Å²) in [5.74, 6) is -1.86. The predicted octanol–water partition coefficient (Wildman–Crippen LogP) is 4.82. The summed E-state index contributed by atoms with van der Waals surface area (Å²) in [5.41, 5.74) is -7.33. The van der Waals surface area contributed by atoms with Gasteiger partial charge in [0, 0.05) is 11.1 Å². The number of para-hydroxylation sites is 2. The second kappa shape index (κ2) is 7.08. The third kappa shape index (κ3) is 3.22. The first-order chi connectivity index (χ1) is 12.6. The van der Waals surface area contributed by atoms with Crippen LogP contribution in [-0.2, 0) is 5.41 Å². The smallest absolute Gasteiger partial charge is 0.388 e. The maximum atomic E-state index is 14.1. The average Bonchev–Trinajstić information content (AvgIpc) is 2.56. The summed E-state index contributed by atoms with van der Waals surface area (Å²) >= 11 is 0. The van der Waals surface area contributed by atoms with E-state index in [9.17, 15) is 26.3 Å². The fourth-order valence-corrected chi connectivity index (χ4v) is 2.75. The van der Waals surface area contributed by atoms with E-state index in [0.29, 0.717) is 12.1 Å². The van der Waals surface area contributed by atoms with Gasteiger partial charge in [-0.2, -0.15) is 26.3 Å². The monoisotopic (exact) mass is 386 g/mol. The van der Waals surface area contributed by atoms with Crippen molar-refractivity contribution in [3.8, 4) is 24.0 Å². The lowest BCUT2D eigenvalue weighted by molar-refractivity contribution is -0.289. The molecular weight excluding hydrogens is 378 g/mol. The summed E-state index contributed by atoms with van der Waals surface area (Å²) in [6.07, 6.45) is -9.70. The molecule has 0 spiro atoms. The first kappa shape index (κ1) is 19.9. The van der Waals surface area contributed by atoms with Gasteiger partial charge in [-0.3, -0.25) is 0 Å². The van der Waals surface area contributed by atoms with Gasteiger partial charge in [-0.05, 0) is 12.1 Å². The summed E-state index contributed by atoms with van der Waals surface area (Å²) in [4.78, 5) is 0. The molecule has 2 aromatic rings. The van der Waals surface area contributed by atoms with Gasteiger partial charge in [-0.15, -0.1) is 10.5 Å². The molecule has 0 aliphatic heterocycles. The van der Waals surface area contributed by atoms with Crippen molar-refractivity contribution < 1.29 is 35.8 Å². The maximum Gasteiger partial charge on any atom is 0.411 e. The topological polar surface area (TPSA) is 66.0 Å². The normalized spacial score (nSPS) is 12.0. The summed E-state index contributed by atoms with van der Waals surface area (Å²) in [5, 5.41) is 17.2. The maximum absolute atomic E-state index is 14.1. The van der Waals surface area contributed by atoms with Crippen LogP contribution >= 0.6 is 0 Å². The Morgan fingerprint density at radius 2 is 0.963 bits per heavy atom. The van der Waals surface area contributed by atoms with Crippen LogP contribution < -0.4 is 9.47 Å². The number of rotatable bonds is 4. The molecule has 0 unspecified atom stereocenters. The van der Waals surface area contributed by atoms with Crippen LogP contribution in [0.4, 0.5) is 26.3 Å². The molecule has 0 fully saturated rings. The Morgan fingerprint density at radius 1 is 0.630 bits per heavy atom. The molecule has 0 aliphatic rings. The van der Waals surface area contributed by atoms with Gasteiger partial charge < -0.3 is 9.47 Å². The second-order valence-electron chi connectivity index (χ2n) is 5.12. The molecule has 0 radical (unpaired) electrons. The fourth-order valence-electron chi connectivity index (χ4n) is 2.75. The van der Waals surface area contributed by atoms with Crippen molar-refractivity contribution in [1.29, 1.82) is 10.5 Å². The zero-order chi connectivity index (χ0) is 20.3. The highest BCUT2D eigenvalue weighted by Crippen LogP contribution is 2.59. The number of halogens is 6. The summed E-state index contributed by atoms with van der Waals surface area (Å²) in [6.45, 7) is 0. The molecule has 0 heterocycles. The van der Waals surface area contributed by atoms with Crippen molar-refractivity contribution in [2.24, 2.45) is 0 Å². The summed E-state index contributed by atoms with van der Waals surface area (Å²) < 4.78 is 93.2. The SMILES string of the molecule is N#COc1ccccc1C(c1ccccc1OC#N)(C(F)(F)F)C(F)(F)F.